The van der Waals surface area contributed by atoms with E-state index in [1.165, 1.54) is 0 Å². The lowest BCUT2D eigenvalue weighted by molar-refractivity contribution is 0.0950. The van der Waals surface area contributed by atoms with Crippen LogP contribution < -0.4 is 10.6 Å². The third-order valence-electron chi connectivity index (χ3n) is 3.46. The Morgan fingerprint density at radius 2 is 2.26 bits per heavy atom. The van der Waals surface area contributed by atoms with E-state index in [4.69, 9.17) is 0 Å². The zero-order valence-electron chi connectivity index (χ0n) is 11.1. The van der Waals surface area contributed by atoms with Gasteiger partial charge in [0.1, 0.15) is 5.82 Å². The van der Waals surface area contributed by atoms with Crippen LogP contribution in [0, 0.1) is 5.92 Å². The van der Waals surface area contributed by atoms with E-state index in [-0.39, 0.29) is 24.5 Å². The summed E-state index contributed by atoms with van der Waals surface area (Å²) in [7, 11) is 0. The number of amides is 1. The average Bonchev–Trinajstić information content (AvgIpc) is 2.87. The number of hydrogen-bond donors (Lipinski definition) is 3. The van der Waals surface area contributed by atoms with Crippen molar-refractivity contribution in [1.82, 2.24) is 15.5 Å². The van der Waals surface area contributed by atoms with E-state index >= 15 is 0 Å². The first-order chi connectivity index (χ1) is 9.24. The van der Waals surface area contributed by atoms with Gasteiger partial charge in [0, 0.05) is 25.1 Å². The molecule has 2 rings (SSSR count). The molecule has 6 heteroatoms. The highest BCUT2D eigenvalue weighted by Gasteiger charge is 2.26. The SMILES string of the molecule is CCNC(=O)c1ccc(NC2CCCC2CO)nn1. The van der Waals surface area contributed by atoms with E-state index in [0.29, 0.717) is 18.1 Å². The molecule has 1 amide bonds. The van der Waals surface area contributed by atoms with Gasteiger partial charge in [0.15, 0.2) is 5.69 Å². The van der Waals surface area contributed by atoms with E-state index in [2.05, 4.69) is 20.8 Å². The zero-order valence-corrected chi connectivity index (χ0v) is 11.1. The Bertz CT molecular complexity index is 421. The van der Waals surface area contributed by atoms with Crippen LogP contribution >= 0.6 is 0 Å². The Balaban J connectivity index is 1.97. The van der Waals surface area contributed by atoms with Gasteiger partial charge in [-0.2, -0.15) is 0 Å². The molecule has 1 heterocycles. The summed E-state index contributed by atoms with van der Waals surface area (Å²) in [6.45, 7) is 2.62. The summed E-state index contributed by atoms with van der Waals surface area (Å²) in [6, 6.07) is 3.66. The van der Waals surface area contributed by atoms with Crippen molar-refractivity contribution in [2.75, 3.05) is 18.5 Å². The number of aliphatic hydroxyl groups excluding tert-OH is 1. The largest absolute Gasteiger partial charge is 0.396 e. The van der Waals surface area contributed by atoms with Crippen molar-refractivity contribution >= 4 is 11.7 Å². The van der Waals surface area contributed by atoms with Crippen LogP contribution in [0.1, 0.15) is 36.7 Å². The Morgan fingerprint density at radius 1 is 1.42 bits per heavy atom. The van der Waals surface area contributed by atoms with E-state index in [1.54, 1.807) is 12.1 Å². The normalized spacial score (nSPS) is 22.2. The molecule has 1 aromatic rings. The molecule has 19 heavy (non-hydrogen) atoms. The van der Waals surface area contributed by atoms with Gasteiger partial charge in [-0.3, -0.25) is 4.79 Å². The lowest BCUT2D eigenvalue weighted by Gasteiger charge is -2.19. The second-order valence-electron chi connectivity index (χ2n) is 4.79. The van der Waals surface area contributed by atoms with Crippen molar-refractivity contribution in [3.05, 3.63) is 17.8 Å². The molecule has 2 atom stereocenters. The molecule has 1 aliphatic rings. The second-order valence-corrected chi connectivity index (χ2v) is 4.79. The van der Waals surface area contributed by atoms with Crippen molar-refractivity contribution in [2.24, 2.45) is 5.92 Å². The predicted octanol–water partition coefficient (Wildman–Crippen LogP) is 0.799. The molecule has 1 aliphatic carbocycles. The van der Waals surface area contributed by atoms with E-state index < -0.39 is 0 Å². The molecule has 6 nitrogen and oxygen atoms in total. The Morgan fingerprint density at radius 3 is 2.89 bits per heavy atom. The lowest BCUT2D eigenvalue weighted by Crippen LogP contribution is -2.27. The third kappa shape index (κ3) is 3.41. The number of rotatable bonds is 5. The van der Waals surface area contributed by atoms with Crippen LogP contribution in [-0.2, 0) is 0 Å². The number of nitrogens with zero attached hydrogens (tertiary/aromatic N) is 2. The first kappa shape index (κ1) is 13.7. The van der Waals surface area contributed by atoms with Crippen molar-refractivity contribution in [3.63, 3.8) is 0 Å². The fourth-order valence-corrected chi connectivity index (χ4v) is 2.42. The molecule has 0 spiro atoms. The summed E-state index contributed by atoms with van der Waals surface area (Å²) >= 11 is 0. The van der Waals surface area contributed by atoms with Crippen molar-refractivity contribution in [2.45, 2.75) is 32.2 Å². The van der Waals surface area contributed by atoms with E-state index in [1.807, 2.05) is 6.92 Å². The van der Waals surface area contributed by atoms with Crippen molar-refractivity contribution in [3.8, 4) is 0 Å². The van der Waals surface area contributed by atoms with E-state index in [0.717, 1.165) is 19.3 Å². The van der Waals surface area contributed by atoms with Crippen molar-refractivity contribution < 1.29 is 9.90 Å². The monoisotopic (exact) mass is 264 g/mol. The third-order valence-corrected chi connectivity index (χ3v) is 3.46. The molecule has 104 valence electrons. The Hall–Kier alpha value is -1.69. The minimum atomic E-state index is -0.212. The number of aromatic nitrogens is 2. The lowest BCUT2D eigenvalue weighted by atomic mass is 10.1. The van der Waals surface area contributed by atoms with Gasteiger partial charge in [0.2, 0.25) is 0 Å². The summed E-state index contributed by atoms with van der Waals surface area (Å²) in [4.78, 5) is 11.5. The summed E-state index contributed by atoms with van der Waals surface area (Å²) in [5, 5.41) is 23.1. The summed E-state index contributed by atoms with van der Waals surface area (Å²) in [6.07, 6.45) is 3.19. The second kappa shape index (κ2) is 6.47. The molecule has 0 aromatic carbocycles. The first-order valence-corrected chi connectivity index (χ1v) is 6.74. The van der Waals surface area contributed by atoms with Crippen LogP contribution in [0.2, 0.25) is 0 Å². The van der Waals surface area contributed by atoms with Gasteiger partial charge in [-0.25, -0.2) is 0 Å². The standard InChI is InChI=1S/C13H20N4O2/c1-2-14-13(19)11-6-7-12(17-16-11)15-10-5-3-4-9(10)8-18/h6-7,9-10,18H,2-5,8H2,1H3,(H,14,19)(H,15,17). The molecule has 3 N–H and O–H groups in total. The van der Waals surface area contributed by atoms with Crippen LogP contribution in [0.25, 0.3) is 0 Å². The van der Waals surface area contributed by atoms with Gasteiger partial charge in [-0.15, -0.1) is 10.2 Å². The molecular weight excluding hydrogens is 244 g/mol. The van der Waals surface area contributed by atoms with Gasteiger partial charge in [0.25, 0.3) is 5.91 Å². The molecule has 0 bridgehead atoms. The summed E-state index contributed by atoms with van der Waals surface area (Å²) in [5.74, 6) is 0.721. The smallest absolute Gasteiger partial charge is 0.271 e. The topological polar surface area (TPSA) is 87.1 Å². The fraction of sp³-hybridized carbons (Fsp3) is 0.615. The van der Waals surface area contributed by atoms with Gasteiger partial charge in [-0.1, -0.05) is 6.42 Å². The fourth-order valence-electron chi connectivity index (χ4n) is 2.42. The highest BCUT2D eigenvalue weighted by molar-refractivity contribution is 5.92. The molecule has 2 unspecified atom stereocenters. The van der Waals surface area contributed by atoms with Crippen LogP contribution in [-0.4, -0.2) is 40.4 Å². The predicted molar refractivity (Wildman–Crippen MR) is 71.9 cm³/mol. The molecule has 1 fully saturated rings. The Labute approximate surface area is 112 Å². The number of hydrogen-bond acceptors (Lipinski definition) is 5. The number of carbonyl (C=O) groups is 1. The number of anilines is 1. The van der Waals surface area contributed by atoms with Gasteiger partial charge < -0.3 is 15.7 Å². The Kier molecular flexibility index (Phi) is 4.68. The van der Waals surface area contributed by atoms with Crippen LogP contribution in [0.15, 0.2) is 12.1 Å². The van der Waals surface area contributed by atoms with Crippen molar-refractivity contribution in [1.29, 1.82) is 0 Å². The quantitative estimate of drug-likeness (QED) is 0.732. The molecule has 1 saturated carbocycles. The molecule has 0 saturated heterocycles. The molecule has 0 radical (unpaired) electrons. The molecule has 1 aromatic heterocycles. The highest BCUT2D eigenvalue weighted by Crippen LogP contribution is 2.27. The summed E-state index contributed by atoms with van der Waals surface area (Å²) in [5.41, 5.74) is 0.317. The number of carbonyl (C=O) groups excluding carboxylic acids is 1. The van der Waals surface area contributed by atoms with Gasteiger partial charge >= 0.3 is 0 Å². The highest BCUT2D eigenvalue weighted by atomic mass is 16.3. The summed E-state index contributed by atoms with van der Waals surface area (Å²) < 4.78 is 0. The zero-order chi connectivity index (χ0) is 13.7. The van der Waals surface area contributed by atoms with Crippen LogP contribution in [0.4, 0.5) is 5.82 Å². The minimum Gasteiger partial charge on any atom is -0.396 e. The maximum atomic E-state index is 11.5. The minimum absolute atomic E-state index is 0.197. The number of nitrogens with one attached hydrogen (secondary N) is 2. The van der Waals surface area contributed by atoms with Gasteiger partial charge in [-0.05, 0) is 31.9 Å². The van der Waals surface area contributed by atoms with Crippen LogP contribution in [0.5, 0.6) is 0 Å². The average molecular weight is 264 g/mol. The van der Waals surface area contributed by atoms with Gasteiger partial charge in [0.05, 0.1) is 0 Å². The van der Waals surface area contributed by atoms with Crippen LogP contribution in [0.3, 0.4) is 0 Å². The first-order valence-electron chi connectivity index (χ1n) is 6.74. The maximum absolute atomic E-state index is 11.5. The number of aliphatic hydroxyl groups is 1. The van der Waals surface area contributed by atoms with E-state index in [9.17, 15) is 9.90 Å². The maximum Gasteiger partial charge on any atom is 0.271 e. The molecule has 0 aliphatic heterocycles. The molecular formula is C13H20N4O2.